The molecule has 1 aromatic heterocycles. The van der Waals surface area contributed by atoms with Crippen molar-refractivity contribution in [3.63, 3.8) is 0 Å². The molecule has 0 bridgehead atoms. The van der Waals surface area contributed by atoms with Crippen molar-refractivity contribution in [1.29, 1.82) is 0 Å². The van der Waals surface area contributed by atoms with Gasteiger partial charge in [0.1, 0.15) is 0 Å². The second-order valence-corrected chi connectivity index (χ2v) is 3.99. The number of rotatable bonds is 1. The third-order valence-electron chi connectivity index (χ3n) is 2.99. The highest BCUT2D eigenvalue weighted by molar-refractivity contribution is 5.24. The molecule has 16 heavy (non-hydrogen) atoms. The molecular weight excluding hydrogens is 219 g/mol. The summed E-state index contributed by atoms with van der Waals surface area (Å²) in [5.41, 5.74) is 1.27. The van der Waals surface area contributed by atoms with Gasteiger partial charge in [0.15, 0.2) is 0 Å². The minimum Gasteiger partial charge on any atom is -0.327 e. The molecule has 1 atom stereocenters. The lowest BCUT2D eigenvalue weighted by Crippen LogP contribution is -2.30. The first-order valence-electron chi connectivity index (χ1n) is 5.31. The zero-order valence-electron chi connectivity index (χ0n) is 9.23. The van der Waals surface area contributed by atoms with Crippen LogP contribution in [0.2, 0.25) is 0 Å². The van der Waals surface area contributed by atoms with Crippen molar-refractivity contribution in [3.05, 3.63) is 17.2 Å². The van der Waals surface area contributed by atoms with E-state index in [1.807, 2.05) is 6.92 Å². The van der Waals surface area contributed by atoms with E-state index in [1.54, 1.807) is 0 Å². The van der Waals surface area contributed by atoms with Gasteiger partial charge in [-0.1, -0.05) is 6.92 Å². The van der Waals surface area contributed by atoms with E-state index >= 15 is 0 Å². The van der Waals surface area contributed by atoms with Crippen LogP contribution in [0.1, 0.15) is 36.6 Å². The number of hydrogen-bond acceptors (Lipinski definition) is 2. The lowest BCUT2D eigenvalue weighted by atomic mass is 10.0. The number of imidazole rings is 1. The molecule has 0 fully saturated rings. The summed E-state index contributed by atoms with van der Waals surface area (Å²) < 4.78 is 39.2. The van der Waals surface area contributed by atoms with Crippen LogP contribution < -0.4 is 5.32 Å². The van der Waals surface area contributed by atoms with E-state index in [0.29, 0.717) is 24.4 Å². The van der Waals surface area contributed by atoms with Crippen LogP contribution in [-0.2, 0) is 19.6 Å². The van der Waals surface area contributed by atoms with E-state index in [-0.39, 0.29) is 6.04 Å². The van der Waals surface area contributed by atoms with Gasteiger partial charge in [-0.3, -0.25) is 0 Å². The van der Waals surface area contributed by atoms with Gasteiger partial charge < -0.3 is 9.88 Å². The van der Waals surface area contributed by atoms with Gasteiger partial charge in [-0.2, -0.15) is 13.2 Å². The normalized spacial score (nSPS) is 20.9. The summed E-state index contributed by atoms with van der Waals surface area (Å²) in [4.78, 5) is 3.75. The Kier molecular flexibility index (Phi) is 2.69. The predicted molar refractivity (Wildman–Crippen MR) is 52.9 cm³/mol. The number of hydrogen-bond donors (Lipinski definition) is 1. The Morgan fingerprint density at radius 1 is 1.50 bits per heavy atom. The molecule has 90 valence electrons. The number of fused-ring (bicyclic) bond motifs is 1. The fraction of sp³-hybridized carbons (Fsp3) is 0.700. The van der Waals surface area contributed by atoms with Gasteiger partial charge in [0, 0.05) is 25.7 Å². The second kappa shape index (κ2) is 3.76. The van der Waals surface area contributed by atoms with Gasteiger partial charge in [0.25, 0.3) is 0 Å². The minimum atomic E-state index is -4.37. The summed E-state index contributed by atoms with van der Waals surface area (Å²) in [6.07, 6.45) is -3.02. The van der Waals surface area contributed by atoms with Crippen LogP contribution in [0.3, 0.4) is 0 Å². The molecule has 1 N–H and O–H groups in total. The molecular formula is C10H14F3N3. The Morgan fingerprint density at radius 2 is 2.19 bits per heavy atom. The quantitative estimate of drug-likeness (QED) is 0.804. The summed E-state index contributed by atoms with van der Waals surface area (Å²) in [5, 5.41) is 3.17. The van der Waals surface area contributed by atoms with Crippen molar-refractivity contribution in [2.45, 2.75) is 32.0 Å². The van der Waals surface area contributed by atoms with Crippen molar-refractivity contribution in [2.75, 3.05) is 6.54 Å². The Balaban J connectivity index is 2.50. The lowest BCUT2D eigenvalue weighted by Gasteiger charge is -2.22. The maximum atomic E-state index is 12.7. The highest BCUT2D eigenvalue weighted by atomic mass is 19.4. The molecule has 0 aliphatic carbocycles. The van der Waals surface area contributed by atoms with Gasteiger partial charge in [-0.05, 0) is 6.42 Å². The smallest absolute Gasteiger partial charge is 0.327 e. The van der Waals surface area contributed by atoms with Crippen LogP contribution >= 0.6 is 0 Å². The first-order chi connectivity index (χ1) is 7.45. The molecule has 0 saturated heterocycles. The summed E-state index contributed by atoms with van der Waals surface area (Å²) in [5.74, 6) is -0.792. The van der Waals surface area contributed by atoms with Crippen LogP contribution in [0, 0.1) is 0 Å². The summed E-state index contributed by atoms with van der Waals surface area (Å²) >= 11 is 0. The van der Waals surface area contributed by atoms with Crippen LogP contribution in [0.25, 0.3) is 0 Å². The summed E-state index contributed by atoms with van der Waals surface area (Å²) in [6, 6.07) is -0.0500. The molecule has 0 aromatic carbocycles. The third kappa shape index (κ3) is 1.71. The van der Waals surface area contributed by atoms with Crippen molar-refractivity contribution >= 4 is 0 Å². The van der Waals surface area contributed by atoms with Crippen LogP contribution in [0.15, 0.2) is 0 Å². The molecule has 1 unspecified atom stereocenters. The molecule has 3 nitrogen and oxygen atoms in total. The zero-order chi connectivity index (χ0) is 11.9. The molecule has 1 aromatic rings. The van der Waals surface area contributed by atoms with Crippen LogP contribution in [-0.4, -0.2) is 16.1 Å². The van der Waals surface area contributed by atoms with Crippen molar-refractivity contribution < 1.29 is 13.2 Å². The average molecular weight is 233 g/mol. The topological polar surface area (TPSA) is 29.9 Å². The number of halogens is 3. The average Bonchev–Trinajstić information content (AvgIpc) is 2.56. The molecule has 6 heteroatoms. The van der Waals surface area contributed by atoms with E-state index in [9.17, 15) is 13.2 Å². The molecule has 0 radical (unpaired) electrons. The molecule has 2 heterocycles. The van der Waals surface area contributed by atoms with E-state index in [0.717, 1.165) is 6.42 Å². The Hall–Kier alpha value is -1.04. The highest BCUT2D eigenvalue weighted by Gasteiger charge is 2.39. The number of alkyl halides is 3. The second-order valence-electron chi connectivity index (χ2n) is 3.99. The standard InChI is InChI=1S/C10H14F3N3/c1-3-6-8-7(4-5-14-6)16(2)9(15-8)10(11,12)13/h6,14H,3-5H2,1-2H3. The molecule has 0 amide bonds. The number of nitrogens with one attached hydrogen (secondary N) is 1. The Labute approximate surface area is 91.7 Å². The summed E-state index contributed by atoms with van der Waals surface area (Å²) in [7, 11) is 1.44. The van der Waals surface area contributed by atoms with E-state index in [2.05, 4.69) is 10.3 Å². The monoisotopic (exact) mass is 233 g/mol. The van der Waals surface area contributed by atoms with Crippen LogP contribution in [0.5, 0.6) is 0 Å². The molecule has 0 saturated carbocycles. The van der Waals surface area contributed by atoms with Gasteiger partial charge in [-0.15, -0.1) is 0 Å². The Morgan fingerprint density at radius 3 is 2.75 bits per heavy atom. The van der Waals surface area contributed by atoms with Gasteiger partial charge in [0.05, 0.1) is 11.7 Å². The molecule has 0 spiro atoms. The van der Waals surface area contributed by atoms with Gasteiger partial charge in [-0.25, -0.2) is 4.98 Å². The zero-order valence-corrected chi connectivity index (χ0v) is 9.23. The van der Waals surface area contributed by atoms with E-state index in [4.69, 9.17) is 0 Å². The maximum Gasteiger partial charge on any atom is 0.449 e. The van der Waals surface area contributed by atoms with E-state index < -0.39 is 12.0 Å². The number of aromatic nitrogens is 2. The minimum absolute atomic E-state index is 0.0500. The largest absolute Gasteiger partial charge is 0.449 e. The molecule has 1 aliphatic heterocycles. The lowest BCUT2D eigenvalue weighted by molar-refractivity contribution is -0.146. The maximum absolute atomic E-state index is 12.7. The first kappa shape index (κ1) is 11.4. The summed E-state index contributed by atoms with van der Waals surface area (Å²) in [6.45, 7) is 2.65. The van der Waals surface area contributed by atoms with Crippen LogP contribution in [0.4, 0.5) is 13.2 Å². The SMILES string of the molecule is CCC1NCCc2c1nc(C(F)(F)F)n2C. The molecule has 2 rings (SSSR count). The first-order valence-corrected chi connectivity index (χ1v) is 5.31. The van der Waals surface area contributed by atoms with E-state index in [1.165, 1.54) is 11.6 Å². The molecule has 1 aliphatic rings. The van der Waals surface area contributed by atoms with Gasteiger partial charge in [0.2, 0.25) is 5.82 Å². The Bertz CT molecular complexity index is 395. The van der Waals surface area contributed by atoms with Gasteiger partial charge >= 0.3 is 6.18 Å². The van der Waals surface area contributed by atoms with Crippen molar-refractivity contribution in [1.82, 2.24) is 14.9 Å². The fourth-order valence-electron chi connectivity index (χ4n) is 2.18. The fourth-order valence-corrected chi connectivity index (χ4v) is 2.18. The third-order valence-corrected chi connectivity index (χ3v) is 2.99. The number of nitrogens with zero attached hydrogens (tertiary/aromatic N) is 2. The highest BCUT2D eigenvalue weighted by Crippen LogP contribution is 2.33. The van der Waals surface area contributed by atoms with Crippen molar-refractivity contribution in [2.24, 2.45) is 7.05 Å². The predicted octanol–water partition coefficient (Wildman–Crippen LogP) is 2.04. The van der Waals surface area contributed by atoms with Crippen molar-refractivity contribution in [3.8, 4) is 0 Å².